The minimum atomic E-state index is -0.315. The minimum absolute atomic E-state index is 0.208. The number of hydrogen-bond donors (Lipinski definition) is 2. The van der Waals surface area contributed by atoms with Crippen molar-refractivity contribution in [3.63, 3.8) is 0 Å². The maximum atomic E-state index is 10.9. The van der Waals surface area contributed by atoms with E-state index in [-0.39, 0.29) is 18.7 Å². The van der Waals surface area contributed by atoms with Gasteiger partial charge in [-0.05, 0) is 0 Å². The van der Waals surface area contributed by atoms with Gasteiger partial charge >= 0.3 is 5.97 Å². The summed E-state index contributed by atoms with van der Waals surface area (Å²) in [5.74, 6) is -0.315. The first-order valence-electron chi connectivity index (χ1n) is 8.18. The SMILES string of the molecule is CC(=O)OC[C@H]1COCCNCCOCCOCCNCCO1. The van der Waals surface area contributed by atoms with Gasteiger partial charge in [-0.15, -0.1) is 0 Å². The summed E-state index contributed by atoms with van der Waals surface area (Å²) in [6.07, 6.45) is -0.251. The molecule has 1 saturated heterocycles. The van der Waals surface area contributed by atoms with Gasteiger partial charge in [-0.2, -0.15) is 0 Å². The standard InChI is InChI=1S/C15H30N2O6/c1-14(18)23-13-15-12-21-8-4-16-2-6-19-10-11-20-7-3-17-5-9-22-15/h15-17H,2-13H2,1H3/t15-/m1/s1. The highest BCUT2D eigenvalue weighted by Crippen LogP contribution is 1.96. The van der Waals surface area contributed by atoms with Gasteiger partial charge in [0.2, 0.25) is 0 Å². The van der Waals surface area contributed by atoms with Crippen molar-refractivity contribution in [1.82, 2.24) is 10.6 Å². The Morgan fingerprint density at radius 2 is 1.48 bits per heavy atom. The van der Waals surface area contributed by atoms with E-state index in [1.54, 1.807) is 0 Å². The van der Waals surface area contributed by atoms with E-state index >= 15 is 0 Å². The van der Waals surface area contributed by atoms with Gasteiger partial charge in [-0.1, -0.05) is 0 Å². The van der Waals surface area contributed by atoms with Crippen LogP contribution < -0.4 is 10.6 Å². The van der Waals surface area contributed by atoms with E-state index in [0.717, 1.165) is 19.6 Å². The van der Waals surface area contributed by atoms with Gasteiger partial charge in [0.05, 0.1) is 46.2 Å². The molecule has 1 fully saturated rings. The molecule has 0 bridgehead atoms. The van der Waals surface area contributed by atoms with Crippen LogP contribution in [0.25, 0.3) is 0 Å². The quantitative estimate of drug-likeness (QED) is 0.633. The lowest BCUT2D eigenvalue weighted by Gasteiger charge is -2.18. The topological polar surface area (TPSA) is 87.3 Å². The molecule has 23 heavy (non-hydrogen) atoms. The first-order chi connectivity index (χ1) is 11.3. The van der Waals surface area contributed by atoms with Gasteiger partial charge in [-0.25, -0.2) is 0 Å². The van der Waals surface area contributed by atoms with Crippen LogP contribution in [0.2, 0.25) is 0 Å². The van der Waals surface area contributed by atoms with Crippen LogP contribution in [-0.2, 0) is 28.5 Å². The summed E-state index contributed by atoms with van der Waals surface area (Å²) in [7, 11) is 0. The number of hydrogen-bond acceptors (Lipinski definition) is 8. The molecule has 0 aromatic heterocycles. The molecule has 8 heteroatoms. The highest BCUT2D eigenvalue weighted by Gasteiger charge is 2.11. The predicted molar refractivity (Wildman–Crippen MR) is 84.6 cm³/mol. The zero-order valence-corrected chi connectivity index (χ0v) is 14.0. The number of ether oxygens (including phenoxy) is 5. The van der Waals surface area contributed by atoms with Gasteiger partial charge in [0.15, 0.2) is 0 Å². The zero-order chi connectivity index (χ0) is 16.6. The lowest BCUT2D eigenvalue weighted by atomic mass is 10.4. The minimum Gasteiger partial charge on any atom is -0.463 e. The highest BCUT2D eigenvalue weighted by molar-refractivity contribution is 5.65. The monoisotopic (exact) mass is 334 g/mol. The molecule has 8 nitrogen and oxygen atoms in total. The third kappa shape index (κ3) is 13.4. The van der Waals surface area contributed by atoms with Crippen molar-refractivity contribution in [1.29, 1.82) is 0 Å². The van der Waals surface area contributed by atoms with Gasteiger partial charge in [0.25, 0.3) is 0 Å². The number of nitrogens with one attached hydrogen (secondary N) is 2. The molecule has 1 heterocycles. The van der Waals surface area contributed by atoms with Crippen molar-refractivity contribution in [2.45, 2.75) is 13.0 Å². The molecular formula is C15H30N2O6. The van der Waals surface area contributed by atoms with Crippen LogP contribution in [0.5, 0.6) is 0 Å². The molecular weight excluding hydrogens is 304 g/mol. The molecule has 0 aromatic rings. The zero-order valence-electron chi connectivity index (χ0n) is 14.0. The Balaban J connectivity index is 2.25. The van der Waals surface area contributed by atoms with Crippen molar-refractivity contribution in [2.75, 3.05) is 79.0 Å². The van der Waals surface area contributed by atoms with Crippen molar-refractivity contribution in [2.24, 2.45) is 0 Å². The molecule has 0 spiro atoms. The van der Waals surface area contributed by atoms with Crippen molar-refractivity contribution in [3.8, 4) is 0 Å². The maximum Gasteiger partial charge on any atom is 0.302 e. The van der Waals surface area contributed by atoms with Crippen LogP contribution in [0.1, 0.15) is 6.92 Å². The second-order valence-electron chi connectivity index (χ2n) is 5.10. The van der Waals surface area contributed by atoms with E-state index in [2.05, 4.69) is 10.6 Å². The van der Waals surface area contributed by atoms with Crippen LogP contribution in [0, 0.1) is 0 Å². The van der Waals surface area contributed by atoms with E-state index in [1.807, 2.05) is 0 Å². The number of carbonyl (C=O) groups excluding carboxylic acids is 1. The summed E-state index contributed by atoms with van der Waals surface area (Å²) in [6, 6.07) is 0. The molecule has 1 aliphatic heterocycles. The number of esters is 1. The van der Waals surface area contributed by atoms with E-state index in [9.17, 15) is 4.79 Å². The molecule has 0 saturated carbocycles. The lowest BCUT2D eigenvalue weighted by molar-refractivity contribution is -0.147. The molecule has 0 unspecified atom stereocenters. The van der Waals surface area contributed by atoms with Crippen molar-refractivity contribution >= 4 is 5.97 Å². The van der Waals surface area contributed by atoms with E-state index in [1.165, 1.54) is 6.92 Å². The molecule has 136 valence electrons. The summed E-state index contributed by atoms with van der Waals surface area (Å²) < 4.78 is 27.1. The Labute approximate surface area is 138 Å². The van der Waals surface area contributed by atoms with E-state index in [0.29, 0.717) is 52.8 Å². The second-order valence-corrected chi connectivity index (χ2v) is 5.10. The van der Waals surface area contributed by atoms with Crippen molar-refractivity contribution < 1.29 is 28.5 Å². The first kappa shape index (κ1) is 20.3. The average molecular weight is 334 g/mol. The van der Waals surface area contributed by atoms with Gasteiger partial charge in [0, 0.05) is 33.1 Å². The summed E-state index contributed by atoms with van der Waals surface area (Å²) in [5.41, 5.74) is 0. The second kappa shape index (κ2) is 14.8. The molecule has 0 radical (unpaired) electrons. The van der Waals surface area contributed by atoms with Crippen molar-refractivity contribution in [3.05, 3.63) is 0 Å². The maximum absolute atomic E-state index is 10.9. The fraction of sp³-hybridized carbons (Fsp3) is 0.933. The fourth-order valence-electron chi connectivity index (χ4n) is 1.87. The molecule has 0 amide bonds. The summed E-state index contributed by atoms with van der Waals surface area (Å²) >= 11 is 0. The third-order valence-corrected chi connectivity index (χ3v) is 3.05. The third-order valence-electron chi connectivity index (χ3n) is 3.05. The predicted octanol–water partition coefficient (Wildman–Crippen LogP) is -0.823. The lowest BCUT2D eigenvalue weighted by Crippen LogP contribution is -2.32. The van der Waals surface area contributed by atoms with E-state index in [4.69, 9.17) is 23.7 Å². The number of rotatable bonds is 2. The Kier molecular flexibility index (Phi) is 13.0. The summed E-state index contributed by atoms with van der Waals surface area (Å²) in [6.45, 7) is 8.57. The van der Waals surface area contributed by atoms with Crippen LogP contribution >= 0.6 is 0 Å². The fourth-order valence-corrected chi connectivity index (χ4v) is 1.87. The Morgan fingerprint density at radius 3 is 2.09 bits per heavy atom. The molecule has 1 aliphatic rings. The first-order valence-corrected chi connectivity index (χ1v) is 8.18. The Hall–Kier alpha value is -0.770. The Bertz CT molecular complexity index is 275. The Morgan fingerprint density at radius 1 is 0.913 bits per heavy atom. The molecule has 0 aliphatic carbocycles. The molecule has 2 N–H and O–H groups in total. The van der Waals surface area contributed by atoms with Crippen LogP contribution in [-0.4, -0.2) is 91.1 Å². The number of carbonyl (C=O) groups is 1. The van der Waals surface area contributed by atoms with Gasteiger partial charge in [0.1, 0.15) is 12.7 Å². The van der Waals surface area contributed by atoms with Gasteiger partial charge in [-0.3, -0.25) is 4.79 Å². The summed E-state index contributed by atoms with van der Waals surface area (Å²) in [5, 5.41) is 6.45. The van der Waals surface area contributed by atoms with Gasteiger partial charge < -0.3 is 34.3 Å². The van der Waals surface area contributed by atoms with E-state index < -0.39 is 0 Å². The average Bonchev–Trinajstić information content (AvgIpc) is 2.53. The van der Waals surface area contributed by atoms with Crippen LogP contribution in [0.3, 0.4) is 0 Å². The molecule has 1 rings (SSSR count). The normalized spacial score (nSPS) is 24.3. The highest BCUT2D eigenvalue weighted by atomic mass is 16.6. The largest absolute Gasteiger partial charge is 0.463 e. The molecule has 1 atom stereocenters. The van der Waals surface area contributed by atoms with Crippen LogP contribution in [0.4, 0.5) is 0 Å². The molecule has 0 aromatic carbocycles. The van der Waals surface area contributed by atoms with Crippen LogP contribution in [0.15, 0.2) is 0 Å². The smallest absolute Gasteiger partial charge is 0.302 e. The summed E-state index contributed by atoms with van der Waals surface area (Å²) in [4.78, 5) is 10.9.